The van der Waals surface area contributed by atoms with E-state index >= 15 is 0 Å². The van der Waals surface area contributed by atoms with E-state index in [2.05, 4.69) is 13.8 Å². The lowest BCUT2D eigenvalue weighted by Crippen LogP contribution is -1.81. The molecule has 0 nitrogen and oxygen atoms in total. The second kappa shape index (κ2) is 7.82. The molecule has 0 aliphatic heterocycles. The third-order valence-corrected chi connectivity index (χ3v) is 7.39. The van der Waals surface area contributed by atoms with Crippen LogP contribution < -0.4 is 0 Å². The Bertz CT molecular complexity index is 324. The predicted molar refractivity (Wildman–Crippen MR) is 77.3 cm³/mol. The van der Waals surface area contributed by atoms with Crippen LogP contribution in [0.3, 0.4) is 0 Å². The Kier molecular flexibility index (Phi) is 7.14. The summed E-state index contributed by atoms with van der Waals surface area (Å²) in [6, 6.07) is 0. The summed E-state index contributed by atoms with van der Waals surface area (Å²) in [6.45, 7) is 4.41. The van der Waals surface area contributed by atoms with Crippen LogP contribution in [0.1, 0.15) is 44.6 Å². The Balaban J connectivity index is 2.15. The summed E-state index contributed by atoms with van der Waals surface area (Å²) < 4.78 is 2.52. The van der Waals surface area contributed by atoms with Gasteiger partial charge in [-0.25, -0.2) is 0 Å². The number of thioether (sulfide) groups is 1. The van der Waals surface area contributed by atoms with Gasteiger partial charge in [0.15, 0.2) is 0 Å². The van der Waals surface area contributed by atoms with Crippen LogP contribution in [0.4, 0.5) is 0 Å². The van der Waals surface area contributed by atoms with Gasteiger partial charge in [0, 0.05) is 5.56 Å². The molecule has 0 saturated heterocycles. The minimum atomic E-state index is 1.08. The molecule has 0 radical (unpaired) electrons. The van der Waals surface area contributed by atoms with Crippen LogP contribution in [0, 0.1) is 10.7 Å². The molecule has 0 spiro atoms. The summed E-state index contributed by atoms with van der Waals surface area (Å²) in [4.78, 5) is 0. The van der Waals surface area contributed by atoms with Crippen molar-refractivity contribution >= 4 is 44.7 Å². The van der Waals surface area contributed by atoms with Gasteiger partial charge < -0.3 is 0 Å². The number of rotatable bonds is 7. The molecule has 0 aliphatic carbocycles. The molecule has 1 aromatic heterocycles. The molecule has 0 amide bonds. The Hall–Kier alpha value is 0.620. The molecule has 86 valence electrons. The maximum atomic E-state index is 5.23. The monoisotopic (exact) mass is 278 g/mol. The smallest absolute Gasteiger partial charge is 0.105 e. The third kappa shape index (κ3) is 4.98. The predicted octanol–water partition coefficient (Wildman–Crippen LogP) is 5.91. The van der Waals surface area contributed by atoms with Crippen LogP contribution in [0.2, 0.25) is 0 Å². The number of hydrogen-bond acceptors (Lipinski definition) is 4. The molecule has 15 heavy (non-hydrogen) atoms. The largest absolute Gasteiger partial charge is 0.114 e. The third-order valence-electron chi connectivity index (χ3n) is 2.29. The number of unbranched alkanes of at least 4 members (excludes halogenated alkanes) is 4. The number of hydrogen-bond donors (Lipinski definition) is 0. The van der Waals surface area contributed by atoms with Crippen molar-refractivity contribution in [1.82, 2.24) is 0 Å². The quantitative estimate of drug-likeness (QED) is 0.263. The zero-order chi connectivity index (χ0) is 11.1. The maximum Gasteiger partial charge on any atom is 0.105 e. The summed E-state index contributed by atoms with van der Waals surface area (Å²) in [5.41, 5.74) is 1.33. The van der Waals surface area contributed by atoms with Gasteiger partial charge in [0.1, 0.15) is 3.82 Å². The lowest BCUT2D eigenvalue weighted by Gasteiger charge is -1.99. The highest BCUT2D eigenvalue weighted by Gasteiger charge is 2.03. The maximum absolute atomic E-state index is 5.23. The second-order valence-corrected chi connectivity index (χ2v) is 7.81. The van der Waals surface area contributed by atoms with Crippen molar-refractivity contribution in [3.63, 3.8) is 0 Å². The Morgan fingerprint density at radius 2 is 1.87 bits per heavy atom. The van der Waals surface area contributed by atoms with Crippen molar-refractivity contribution in [2.45, 2.75) is 50.2 Å². The SMILES string of the molecule is CCCCCCCSc1ssc(=S)c1C. The van der Waals surface area contributed by atoms with E-state index in [1.165, 1.54) is 47.6 Å². The molecule has 1 heterocycles. The van der Waals surface area contributed by atoms with E-state index < -0.39 is 0 Å². The Morgan fingerprint density at radius 3 is 2.47 bits per heavy atom. The van der Waals surface area contributed by atoms with Crippen molar-refractivity contribution < 1.29 is 0 Å². The fourth-order valence-corrected chi connectivity index (χ4v) is 5.80. The Morgan fingerprint density at radius 1 is 1.13 bits per heavy atom. The van der Waals surface area contributed by atoms with Crippen LogP contribution in [0.25, 0.3) is 0 Å². The van der Waals surface area contributed by atoms with E-state index in [-0.39, 0.29) is 0 Å². The fourth-order valence-electron chi connectivity index (χ4n) is 1.29. The molecular weight excluding hydrogens is 260 g/mol. The summed E-state index contributed by atoms with van der Waals surface area (Å²) in [6.07, 6.45) is 6.85. The molecule has 0 N–H and O–H groups in total. The Labute approximate surface area is 110 Å². The summed E-state index contributed by atoms with van der Waals surface area (Å²) >= 11 is 7.21. The zero-order valence-electron chi connectivity index (χ0n) is 9.38. The molecule has 1 aromatic rings. The first-order valence-corrected chi connectivity index (χ1v) is 9.02. The molecule has 0 saturated carbocycles. The van der Waals surface area contributed by atoms with Crippen molar-refractivity contribution in [2.75, 3.05) is 5.75 Å². The topological polar surface area (TPSA) is 0 Å². The van der Waals surface area contributed by atoms with Crippen LogP contribution >= 0.6 is 44.7 Å². The molecule has 0 fully saturated rings. The first-order chi connectivity index (χ1) is 7.25. The molecule has 4 heteroatoms. The van der Waals surface area contributed by atoms with Crippen molar-refractivity contribution in [3.8, 4) is 0 Å². The van der Waals surface area contributed by atoms with Gasteiger partial charge in [0.2, 0.25) is 0 Å². The van der Waals surface area contributed by atoms with E-state index in [1.54, 1.807) is 10.3 Å². The van der Waals surface area contributed by atoms with Crippen LogP contribution in [-0.4, -0.2) is 5.75 Å². The van der Waals surface area contributed by atoms with Crippen LogP contribution in [-0.2, 0) is 0 Å². The highest BCUT2D eigenvalue weighted by Crippen LogP contribution is 2.33. The first-order valence-electron chi connectivity index (χ1n) is 5.48. The normalized spacial score (nSPS) is 10.8. The summed E-state index contributed by atoms with van der Waals surface area (Å²) in [7, 11) is 3.58. The van der Waals surface area contributed by atoms with Gasteiger partial charge in [-0.1, -0.05) is 65.5 Å². The molecule has 0 aromatic carbocycles. The zero-order valence-corrected chi connectivity index (χ0v) is 12.6. The average molecular weight is 279 g/mol. The highest BCUT2D eigenvalue weighted by atomic mass is 32.9. The second-order valence-electron chi connectivity index (χ2n) is 3.63. The molecule has 0 atom stereocenters. The summed E-state index contributed by atoms with van der Waals surface area (Å²) in [5, 5.41) is 0. The highest BCUT2D eigenvalue weighted by molar-refractivity contribution is 8.03. The fraction of sp³-hybridized carbons (Fsp3) is 0.727. The van der Waals surface area contributed by atoms with E-state index in [1.807, 2.05) is 22.1 Å². The molecule has 0 aliphatic rings. The van der Waals surface area contributed by atoms with Gasteiger partial charge in [-0.15, -0.1) is 11.8 Å². The van der Waals surface area contributed by atoms with Gasteiger partial charge >= 0.3 is 0 Å². The average Bonchev–Trinajstić information content (AvgIpc) is 2.54. The van der Waals surface area contributed by atoms with Gasteiger partial charge in [0.05, 0.1) is 4.21 Å². The van der Waals surface area contributed by atoms with Gasteiger partial charge in [-0.3, -0.25) is 0 Å². The molecular formula is C11H18S4. The van der Waals surface area contributed by atoms with Crippen LogP contribution in [0.15, 0.2) is 4.21 Å². The van der Waals surface area contributed by atoms with Gasteiger partial charge in [0.25, 0.3) is 0 Å². The van der Waals surface area contributed by atoms with Crippen LogP contribution in [0.5, 0.6) is 0 Å². The van der Waals surface area contributed by atoms with E-state index in [9.17, 15) is 0 Å². The lowest BCUT2D eigenvalue weighted by molar-refractivity contribution is 0.659. The first kappa shape index (κ1) is 13.7. The standard InChI is InChI=1S/C11H18S4/c1-3-4-5-6-7-8-13-11-9(2)10(12)14-15-11/h3-8H2,1-2H3. The van der Waals surface area contributed by atoms with E-state index in [0.29, 0.717) is 0 Å². The summed E-state index contributed by atoms with van der Waals surface area (Å²) in [5.74, 6) is 1.26. The minimum Gasteiger partial charge on any atom is -0.114 e. The van der Waals surface area contributed by atoms with Gasteiger partial charge in [-0.2, -0.15) is 0 Å². The van der Waals surface area contributed by atoms with Gasteiger partial charge in [-0.05, 0) is 19.1 Å². The van der Waals surface area contributed by atoms with Crippen molar-refractivity contribution in [3.05, 3.63) is 9.39 Å². The minimum absolute atomic E-state index is 1.08. The molecule has 0 bridgehead atoms. The molecule has 1 rings (SSSR count). The molecule has 0 unspecified atom stereocenters. The lowest BCUT2D eigenvalue weighted by atomic mass is 10.2. The van der Waals surface area contributed by atoms with E-state index in [4.69, 9.17) is 12.2 Å². The van der Waals surface area contributed by atoms with Crippen molar-refractivity contribution in [2.24, 2.45) is 0 Å². The van der Waals surface area contributed by atoms with Crippen molar-refractivity contribution in [1.29, 1.82) is 0 Å². The van der Waals surface area contributed by atoms with E-state index in [0.717, 1.165) is 3.82 Å².